The molecule has 16 N–H and O–H groups in total. The SMILES string of the molecule is C[C@H](CCC1(O)O[C@H]2C[C@H]3[C@@H]4CC=C5C[C@@H](O[C@@H]6O[C@H](CO)[C@H](O[C@@H]7OC[C@H](O)[C@H](O)[C@H]7O)[C@H](O)[C@H]6O[C@@H]6O[C@@H](C)[C@H](O)[C@@H](O)[C@H]6O[C@H]6O[C@@H](CO)[C@H](O)[C@@H](O)[C@@H]6O)CC[C@]5(C)[C@H]4CC[C@]3(C)[C@H]2[C@@H]1C)CO[C@@H]1O[C@H](CO)[C@@H](O)[C@H](O)[C@H]1O. The van der Waals surface area contributed by atoms with Crippen LogP contribution in [-0.2, 0) is 52.1 Å². The van der Waals surface area contributed by atoms with Gasteiger partial charge in [0, 0.05) is 12.3 Å². The van der Waals surface area contributed by atoms with Gasteiger partial charge in [-0.25, -0.2) is 0 Å². The Hall–Kier alpha value is -1.34. The van der Waals surface area contributed by atoms with Crippen LogP contribution in [0.25, 0.3) is 0 Å². The average Bonchev–Trinajstić information content (AvgIpc) is 1.71. The first kappa shape index (κ1) is 64.6. The lowest BCUT2D eigenvalue weighted by Crippen LogP contribution is -2.67. The summed E-state index contributed by atoms with van der Waals surface area (Å²) in [6, 6.07) is 0. The quantitative estimate of drug-likeness (QED) is 0.0610. The van der Waals surface area contributed by atoms with E-state index < -0.39 is 186 Å². The number of fused-ring (bicyclic) bond motifs is 7. The number of aliphatic hydroxyl groups excluding tert-OH is 15. The van der Waals surface area contributed by atoms with Gasteiger partial charge in [0.25, 0.3) is 0 Å². The van der Waals surface area contributed by atoms with E-state index in [2.05, 4.69) is 26.8 Å². The van der Waals surface area contributed by atoms with Crippen molar-refractivity contribution < 1.29 is 134 Å². The number of ether oxygens (including phenoxy) is 11. The minimum Gasteiger partial charge on any atom is -0.394 e. The molecular weight excluding hydrogens is 1100 g/mol. The molecule has 3 saturated carbocycles. The van der Waals surface area contributed by atoms with E-state index in [0.29, 0.717) is 43.4 Å². The Kier molecular flexibility index (Phi) is 19.9. The Morgan fingerprint density at radius 2 is 1.19 bits per heavy atom. The molecular formula is C56H92O27. The van der Waals surface area contributed by atoms with Crippen LogP contribution in [0.2, 0.25) is 0 Å². The zero-order chi connectivity index (χ0) is 59.9. The summed E-state index contributed by atoms with van der Waals surface area (Å²) >= 11 is 0. The highest BCUT2D eigenvalue weighted by atomic mass is 16.8. The maximum absolute atomic E-state index is 12.4. The molecule has 27 nitrogen and oxygen atoms in total. The van der Waals surface area contributed by atoms with E-state index in [-0.39, 0.29) is 41.3 Å². The second-order valence-corrected chi connectivity index (χ2v) is 26.2. The van der Waals surface area contributed by atoms with Gasteiger partial charge < -0.3 is 134 Å². The molecule has 0 aromatic carbocycles. The third-order valence-electron chi connectivity index (χ3n) is 21.2. The predicted molar refractivity (Wildman–Crippen MR) is 277 cm³/mol. The zero-order valence-electron chi connectivity index (χ0n) is 47.6. The normalized spacial score (nSPS) is 55.0. The largest absolute Gasteiger partial charge is 0.394 e. The monoisotopic (exact) mass is 1200 g/mol. The minimum absolute atomic E-state index is 0.104. The highest BCUT2D eigenvalue weighted by Gasteiger charge is 2.68. The molecule has 35 atom stereocenters. The van der Waals surface area contributed by atoms with E-state index >= 15 is 0 Å². The van der Waals surface area contributed by atoms with Gasteiger partial charge in [-0.05, 0) is 98.7 Å². The van der Waals surface area contributed by atoms with E-state index in [9.17, 15) is 81.7 Å². The molecule has 6 heterocycles. The van der Waals surface area contributed by atoms with Crippen LogP contribution in [0.15, 0.2) is 11.6 Å². The van der Waals surface area contributed by atoms with Crippen LogP contribution < -0.4 is 0 Å². The second-order valence-electron chi connectivity index (χ2n) is 26.2. The smallest absolute Gasteiger partial charge is 0.187 e. The summed E-state index contributed by atoms with van der Waals surface area (Å²) in [4.78, 5) is 0. The standard InChI is InChI=1S/C56H92O27/c1-21(19-73-49-43(69)39(65)37(63)31(16-57)77-49)8-13-56(72)22(2)34-30(83-56)15-28-26-7-6-24-14-25(9-11-54(24,4)27(26)10-12-55(28,34)5)76-53-48(45(71)46(33(18-59)79-53)80-50-42(68)36(62)29(60)20-74-50)82-52-47(41(67)35(61)23(3)75-52)81-51-44(70)40(66)38(64)32(17-58)78-51/h6,21-23,25-53,57-72H,7-20H2,1-5H3/t21-,22+,23+,25+,26-,27+,28+,29+,30+,31-,32+,33-,34+,35+,36+,37-,38+,39+,40-,41-,42-,43-,44+,45+,46+,47-,48-,49-,50+,51-,52+,53-,54+,55+,56?/m1/s1. The molecule has 4 aliphatic carbocycles. The van der Waals surface area contributed by atoms with Gasteiger partial charge in [-0.1, -0.05) is 39.3 Å². The van der Waals surface area contributed by atoms with Gasteiger partial charge in [0.1, 0.15) is 110 Å². The lowest BCUT2D eigenvalue weighted by molar-refractivity contribution is -0.401. The molecule has 478 valence electrons. The van der Waals surface area contributed by atoms with Crippen molar-refractivity contribution in [2.75, 3.05) is 33.0 Å². The molecule has 10 rings (SSSR count). The van der Waals surface area contributed by atoms with Crippen molar-refractivity contribution in [3.05, 3.63) is 11.6 Å². The van der Waals surface area contributed by atoms with Crippen molar-refractivity contribution in [2.24, 2.45) is 46.3 Å². The molecule has 27 heteroatoms. The maximum Gasteiger partial charge on any atom is 0.187 e. The van der Waals surface area contributed by atoms with Gasteiger partial charge in [0.15, 0.2) is 37.2 Å². The molecule has 10 aliphatic rings. The molecule has 6 aliphatic heterocycles. The molecule has 9 fully saturated rings. The second kappa shape index (κ2) is 25.5. The summed E-state index contributed by atoms with van der Waals surface area (Å²) in [5.41, 5.74) is 0.881. The van der Waals surface area contributed by atoms with Crippen LogP contribution in [0, 0.1) is 46.3 Å². The predicted octanol–water partition coefficient (Wildman–Crippen LogP) is -4.54. The first-order valence-corrected chi connectivity index (χ1v) is 29.8. The number of hydrogen-bond donors (Lipinski definition) is 16. The van der Waals surface area contributed by atoms with Crippen molar-refractivity contribution in [1.29, 1.82) is 0 Å². The van der Waals surface area contributed by atoms with Crippen LogP contribution >= 0.6 is 0 Å². The van der Waals surface area contributed by atoms with Crippen LogP contribution in [0.3, 0.4) is 0 Å². The van der Waals surface area contributed by atoms with E-state index in [4.69, 9.17) is 52.1 Å². The third-order valence-corrected chi connectivity index (χ3v) is 21.2. The summed E-state index contributed by atoms with van der Waals surface area (Å²) < 4.78 is 66.8. The Morgan fingerprint density at radius 1 is 0.602 bits per heavy atom. The highest BCUT2D eigenvalue weighted by Crippen LogP contribution is 2.70. The maximum atomic E-state index is 12.4. The minimum atomic E-state index is -1.94. The molecule has 0 radical (unpaired) electrons. The van der Waals surface area contributed by atoms with Gasteiger partial charge in [-0.2, -0.15) is 0 Å². The van der Waals surface area contributed by atoms with E-state index in [1.165, 1.54) is 12.5 Å². The number of hydrogen-bond acceptors (Lipinski definition) is 27. The van der Waals surface area contributed by atoms with Crippen LogP contribution in [0.5, 0.6) is 0 Å². The number of rotatable bonds is 17. The molecule has 0 aromatic heterocycles. The van der Waals surface area contributed by atoms with Crippen LogP contribution in [0.4, 0.5) is 0 Å². The fourth-order valence-corrected chi connectivity index (χ4v) is 16.2. The summed E-state index contributed by atoms with van der Waals surface area (Å²) in [6.07, 6.45) is -30.7. The zero-order valence-corrected chi connectivity index (χ0v) is 47.6. The summed E-state index contributed by atoms with van der Waals surface area (Å²) in [7, 11) is 0. The lowest BCUT2D eigenvalue weighted by Gasteiger charge is -2.58. The van der Waals surface area contributed by atoms with Crippen molar-refractivity contribution >= 4 is 0 Å². The summed E-state index contributed by atoms with van der Waals surface area (Å²) in [5, 5.41) is 171. The van der Waals surface area contributed by atoms with E-state index in [1.54, 1.807) is 0 Å². The Labute approximate surface area is 481 Å². The third kappa shape index (κ3) is 11.9. The molecule has 1 unspecified atom stereocenters. The highest BCUT2D eigenvalue weighted by molar-refractivity contribution is 5.26. The first-order chi connectivity index (χ1) is 39.3. The summed E-state index contributed by atoms with van der Waals surface area (Å²) in [6.45, 7) is 7.68. The van der Waals surface area contributed by atoms with Gasteiger partial charge in [0.05, 0.1) is 51.3 Å². The van der Waals surface area contributed by atoms with Crippen molar-refractivity contribution in [2.45, 2.75) is 258 Å². The first-order valence-electron chi connectivity index (χ1n) is 29.8. The summed E-state index contributed by atoms with van der Waals surface area (Å²) in [5.74, 6) is -0.547. The topological polar surface area (TPSA) is 425 Å². The van der Waals surface area contributed by atoms with E-state index in [1.807, 2.05) is 6.92 Å². The van der Waals surface area contributed by atoms with Gasteiger partial charge in [0.2, 0.25) is 0 Å². The fraction of sp³-hybridized carbons (Fsp3) is 0.964. The van der Waals surface area contributed by atoms with Gasteiger partial charge >= 0.3 is 0 Å². The van der Waals surface area contributed by atoms with Gasteiger partial charge in [-0.3, -0.25) is 0 Å². The van der Waals surface area contributed by atoms with Crippen molar-refractivity contribution in [3.63, 3.8) is 0 Å². The number of allylic oxidation sites excluding steroid dienone is 1. The molecule has 0 amide bonds. The lowest BCUT2D eigenvalue weighted by atomic mass is 9.47. The van der Waals surface area contributed by atoms with E-state index in [0.717, 1.165) is 32.1 Å². The number of aliphatic hydroxyl groups is 16. The van der Waals surface area contributed by atoms with Gasteiger partial charge in [-0.15, -0.1) is 0 Å². The Balaban J connectivity index is 0.822. The van der Waals surface area contributed by atoms with Crippen LogP contribution in [0.1, 0.15) is 92.4 Å². The molecule has 83 heavy (non-hydrogen) atoms. The van der Waals surface area contributed by atoms with Crippen molar-refractivity contribution in [3.8, 4) is 0 Å². The molecule has 0 aromatic rings. The molecule has 0 spiro atoms. The Bertz CT molecular complexity index is 2180. The van der Waals surface area contributed by atoms with Crippen LogP contribution in [-0.4, -0.2) is 280 Å². The average molecular weight is 1200 g/mol. The molecule has 0 bridgehead atoms. The fourth-order valence-electron chi connectivity index (χ4n) is 16.2. The van der Waals surface area contributed by atoms with Crippen molar-refractivity contribution in [1.82, 2.24) is 0 Å². The Morgan fingerprint density at radius 3 is 1.87 bits per heavy atom. The molecule has 6 saturated heterocycles.